The number of methoxy groups -OCH3 is 1. The Morgan fingerprint density at radius 3 is 2.18 bits per heavy atom. The Hall–Kier alpha value is -4.86. The van der Waals surface area contributed by atoms with Gasteiger partial charge in [0.1, 0.15) is 28.9 Å². The molecule has 6 nitrogen and oxygen atoms in total. The molecule has 0 spiro atoms. The first-order chi connectivity index (χ1) is 18.9. The molecule has 0 bridgehead atoms. The van der Waals surface area contributed by atoms with Crippen molar-refractivity contribution in [1.29, 1.82) is 5.26 Å². The van der Waals surface area contributed by atoms with E-state index in [1.807, 2.05) is 62.4 Å². The number of aliphatic imine (C=N–C) groups is 1. The van der Waals surface area contributed by atoms with Crippen LogP contribution >= 0.6 is 11.6 Å². The summed E-state index contributed by atoms with van der Waals surface area (Å²) >= 11 is 6.14. The van der Waals surface area contributed by atoms with Crippen molar-refractivity contribution in [3.63, 3.8) is 0 Å². The number of nitriles is 1. The van der Waals surface area contributed by atoms with E-state index in [4.69, 9.17) is 25.2 Å². The first-order valence-electron chi connectivity index (χ1n) is 12.1. The Kier molecular flexibility index (Phi) is 7.18. The van der Waals surface area contributed by atoms with Crippen LogP contribution in [0.4, 0.5) is 5.88 Å². The van der Waals surface area contributed by atoms with Crippen LogP contribution in [-0.2, 0) is 4.74 Å². The van der Waals surface area contributed by atoms with E-state index in [1.54, 1.807) is 30.3 Å². The first-order valence-corrected chi connectivity index (χ1v) is 12.5. The van der Waals surface area contributed by atoms with Crippen molar-refractivity contribution in [2.75, 3.05) is 7.11 Å². The van der Waals surface area contributed by atoms with Gasteiger partial charge < -0.3 is 13.6 Å². The van der Waals surface area contributed by atoms with E-state index < -0.39 is 5.97 Å². The zero-order valence-corrected chi connectivity index (χ0v) is 22.2. The highest BCUT2D eigenvalue weighted by atomic mass is 35.5. The van der Waals surface area contributed by atoms with Gasteiger partial charge in [0.05, 0.1) is 23.9 Å². The number of nitrogens with zero attached hydrogens (tertiary/aromatic N) is 2. The molecule has 39 heavy (non-hydrogen) atoms. The molecule has 5 rings (SSSR count). The zero-order chi connectivity index (χ0) is 27.5. The Morgan fingerprint density at radius 2 is 1.54 bits per heavy atom. The monoisotopic (exact) mass is 534 g/mol. The summed E-state index contributed by atoms with van der Waals surface area (Å²) in [7, 11) is 1.30. The van der Waals surface area contributed by atoms with Gasteiger partial charge in [0.2, 0.25) is 5.88 Å². The second-order valence-corrected chi connectivity index (χ2v) is 9.38. The largest absolute Gasteiger partial charge is 0.465 e. The van der Waals surface area contributed by atoms with E-state index in [2.05, 4.69) is 11.1 Å². The number of carbonyl (C=O) groups excluding carboxylic acids is 1. The Bertz CT molecular complexity index is 1740. The van der Waals surface area contributed by atoms with Crippen LogP contribution in [0.5, 0.6) is 0 Å². The minimum absolute atomic E-state index is 0.182. The van der Waals surface area contributed by atoms with Gasteiger partial charge in [-0.05, 0) is 49.7 Å². The molecule has 0 saturated carbocycles. The molecule has 0 amide bonds. The van der Waals surface area contributed by atoms with Crippen molar-refractivity contribution in [3.8, 4) is 39.8 Å². The highest BCUT2D eigenvalue weighted by Crippen LogP contribution is 2.42. The molecule has 0 saturated heterocycles. The van der Waals surface area contributed by atoms with E-state index in [-0.39, 0.29) is 16.5 Å². The lowest BCUT2D eigenvalue weighted by Crippen LogP contribution is -2.02. The fourth-order valence-corrected chi connectivity index (χ4v) is 4.36. The van der Waals surface area contributed by atoms with E-state index in [9.17, 15) is 10.1 Å². The minimum atomic E-state index is -0.536. The Morgan fingerprint density at radius 1 is 0.897 bits per heavy atom. The summed E-state index contributed by atoms with van der Waals surface area (Å²) in [6.07, 6.45) is 1.50. The minimum Gasteiger partial charge on any atom is -0.465 e. The number of benzene rings is 3. The molecule has 0 atom stereocenters. The van der Waals surface area contributed by atoms with Crippen LogP contribution in [0.3, 0.4) is 0 Å². The van der Waals surface area contributed by atoms with Gasteiger partial charge in [-0.2, -0.15) is 5.26 Å². The Balaban J connectivity index is 1.53. The Labute approximate surface area is 230 Å². The number of esters is 1. The molecule has 0 unspecified atom stereocenters. The number of hydrogen-bond acceptors (Lipinski definition) is 6. The summed E-state index contributed by atoms with van der Waals surface area (Å²) in [6, 6.07) is 26.6. The predicted molar refractivity (Wildman–Crippen MR) is 152 cm³/mol. The number of rotatable bonds is 6. The van der Waals surface area contributed by atoms with Crippen molar-refractivity contribution in [1.82, 2.24) is 0 Å². The van der Waals surface area contributed by atoms with Gasteiger partial charge in [-0.3, -0.25) is 0 Å². The van der Waals surface area contributed by atoms with Crippen LogP contribution in [0.2, 0.25) is 5.02 Å². The maximum absolute atomic E-state index is 12.0. The molecular weight excluding hydrogens is 512 g/mol. The molecule has 0 aliphatic heterocycles. The summed E-state index contributed by atoms with van der Waals surface area (Å²) in [6.45, 7) is 4.03. The molecule has 0 aliphatic rings. The summed E-state index contributed by atoms with van der Waals surface area (Å²) in [5, 5.41) is 10.4. The number of aryl methyl sites for hydroxylation is 2. The number of halogens is 1. The number of carbonyl (C=O) groups is 1. The molecule has 2 aromatic heterocycles. The van der Waals surface area contributed by atoms with Gasteiger partial charge >= 0.3 is 5.97 Å². The molecule has 0 fully saturated rings. The lowest BCUT2D eigenvalue weighted by atomic mass is 9.97. The molecular formula is C32H23ClN2O4. The second-order valence-electron chi connectivity index (χ2n) is 8.98. The van der Waals surface area contributed by atoms with E-state index >= 15 is 0 Å². The number of hydrogen-bond donors (Lipinski definition) is 0. The molecule has 5 aromatic rings. The van der Waals surface area contributed by atoms with Crippen LogP contribution in [-0.4, -0.2) is 19.3 Å². The van der Waals surface area contributed by atoms with Crippen LogP contribution in [0.25, 0.3) is 33.8 Å². The normalized spacial score (nSPS) is 11.1. The molecule has 0 radical (unpaired) electrons. The van der Waals surface area contributed by atoms with Crippen molar-refractivity contribution >= 4 is 29.7 Å². The average molecular weight is 535 g/mol. The highest BCUT2D eigenvalue weighted by molar-refractivity contribution is 6.33. The molecule has 192 valence electrons. The van der Waals surface area contributed by atoms with E-state index in [0.717, 1.165) is 22.3 Å². The van der Waals surface area contributed by atoms with Crippen molar-refractivity contribution in [2.24, 2.45) is 4.99 Å². The number of ether oxygens (including phenoxy) is 1. The van der Waals surface area contributed by atoms with Gasteiger partial charge in [-0.25, -0.2) is 9.79 Å². The smallest absolute Gasteiger partial charge is 0.339 e. The summed E-state index contributed by atoms with van der Waals surface area (Å²) in [5.41, 5.74) is 5.85. The fourth-order valence-electron chi connectivity index (χ4n) is 4.16. The van der Waals surface area contributed by atoms with Gasteiger partial charge in [-0.15, -0.1) is 0 Å². The van der Waals surface area contributed by atoms with Gasteiger partial charge in [0.15, 0.2) is 0 Å². The van der Waals surface area contributed by atoms with Crippen LogP contribution in [0.1, 0.15) is 32.8 Å². The zero-order valence-electron chi connectivity index (χ0n) is 21.5. The SMILES string of the molecule is COC(=O)c1cc(-c2ccc(C=Nc3oc(-c4ccc(C)cc4)c(-c4ccc(C)cc4)c3C#N)o2)ccc1Cl. The van der Waals surface area contributed by atoms with Gasteiger partial charge in [0.25, 0.3) is 0 Å². The van der Waals surface area contributed by atoms with Gasteiger partial charge in [0, 0.05) is 16.7 Å². The van der Waals surface area contributed by atoms with Crippen LogP contribution in [0.15, 0.2) is 92.7 Å². The van der Waals surface area contributed by atoms with E-state index in [0.29, 0.717) is 34.0 Å². The summed E-state index contributed by atoms with van der Waals surface area (Å²) in [5.74, 6) is 1.17. The quantitative estimate of drug-likeness (QED) is 0.161. The van der Waals surface area contributed by atoms with Gasteiger partial charge in [-0.1, -0.05) is 71.3 Å². The first kappa shape index (κ1) is 25.8. The lowest BCUT2D eigenvalue weighted by molar-refractivity contribution is 0.0601. The fraction of sp³-hybridized carbons (Fsp3) is 0.0938. The third kappa shape index (κ3) is 5.26. The van der Waals surface area contributed by atoms with E-state index in [1.165, 1.54) is 13.3 Å². The van der Waals surface area contributed by atoms with Crippen LogP contribution < -0.4 is 0 Å². The molecule has 0 N–H and O–H groups in total. The lowest BCUT2D eigenvalue weighted by Gasteiger charge is -2.05. The van der Waals surface area contributed by atoms with Crippen molar-refractivity contribution in [2.45, 2.75) is 13.8 Å². The molecule has 2 heterocycles. The maximum Gasteiger partial charge on any atom is 0.339 e. The molecule has 7 heteroatoms. The highest BCUT2D eigenvalue weighted by Gasteiger charge is 2.23. The summed E-state index contributed by atoms with van der Waals surface area (Å²) in [4.78, 5) is 16.5. The molecule has 3 aromatic carbocycles. The molecule has 0 aliphatic carbocycles. The number of furan rings is 2. The maximum atomic E-state index is 12.0. The van der Waals surface area contributed by atoms with Crippen LogP contribution in [0, 0.1) is 25.2 Å². The third-order valence-corrected chi connectivity index (χ3v) is 6.58. The van der Waals surface area contributed by atoms with Crippen molar-refractivity contribution in [3.05, 3.63) is 112 Å². The second kappa shape index (κ2) is 10.9. The standard InChI is InChI=1S/C32H23ClN2O4/c1-19-4-8-21(9-5-19)29-26(17-34)31(39-30(29)22-10-6-20(2)7-11-22)35-18-24-13-15-28(38-24)23-12-14-27(33)25(16-23)32(36)37-3/h4-16,18H,1-3H3. The van der Waals surface area contributed by atoms with Crippen molar-refractivity contribution < 1.29 is 18.4 Å². The summed E-state index contributed by atoms with van der Waals surface area (Å²) < 4.78 is 16.9. The topological polar surface area (TPSA) is 88.7 Å². The predicted octanol–water partition coefficient (Wildman–Crippen LogP) is 8.55. The average Bonchev–Trinajstić information content (AvgIpc) is 3.57. The third-order valence-electron chi connectivity index (χ3n) is 6.25.